The van der Waals surface area contributed by atoms with Gasteiger partial charge in [-0.25, -0.2) is 0 Å². The summed E-state index contributed by atoms with van der Waals surface area (Å²) in [6.07, 6.45) is 4.08. The normalized spacial score (nSPS) is 14.4. The van der Waals surface area contributed by atoms with Crippen LogP contribution in [0.5, 0.6) is 5.75 Å². The van der Waals surface area contributed by atoms with Crippen LogP contribution < -0.4 is 4.74 Å². The molecule has 7 heteroatoms. The highest BCUT2D eigenvalue weighted by Gasteiger charge is 2.22. The number of rotatable bonds is 6. The molecule has 2 heterocycles. The molecule has 0 radical (unpaired) electrons. The first-order valence-corrected chi connectivity index (χ1v) is 10.4. The van der Waals surface area contributed by atoms with Gasteiger partial charge in [0, 0.05) is 7.05 Å². The summed E-state index contributed by atoms with van der Waals surface area (Å²) in [5.74, 6) is 1.56. The molecule has 0 fully saturated rings. The number of hydrogen-bond donors (Lipinski definition) is 0. The lowest BCUT2D eigenvalue weighted by molar-refractivity contribution is -0.137. The topological polar surface area (TPSA) is 68.5 Å². The van der Waals surface area contributed by atoms with Crippen molar-refractivity contribution in [3.05, 3.63) is 52.7 Å². The molecule has 0 saturated carbocycles. The summed E-state index contributed by atoms with van der Waals surface area (Å²) in [5, 5.41) is 5.94. The Kier molecular flexibility index (Phi) is 5.43. The molecular formula is C21H23N3O3S. The third-order valence-corrected chi connectivity index (χ3v) is 5.80. The Bertz CT molecular complexity index is 952. The van der Waals surface area contributed by atoms with E-state index in [1.807, 2.05) is 23.6 Å². The summed E-state index contributed by atoms with van der Waals surface area (Å²) in [6, 6.07) is 10.0. The number of amides is 1. The van der Waals surface area contributed by atoms with Gasteiger partial charge in [-0.05, 0) is 67.3 Å². The molecule has 1 aliphatic rings. The van der Waals surface area contributed by atoms with Crippen molar-refractivity contribution in [2.75, 3.05) is 7.05 Å². The SMILES string of the molecule is CC(Oc1ccc2c(c1)CCCC2)C(=O)N(C)Cc1nc(-c2cccs2)no1. The van der Waals surface area contributed by atoms with E-state index >= 15 is 0 Å². The lowest BCUT2D eigenvalue weighted by Crippen LogP contribution is -2.37. The zero-order chi connectivity index (χ0) is 19.5. The number of ether oxygens (including phenoxy) is 1. The van der Waals surface area contributed by atoms with Gasteiger partial charge in [0.05, 0.1) is 11.4 Å². The van der Waals surface area contributed by atoms with E-state index in [1.165, 1.54) is 24.0 Å². The molecular weight excluding hydrogens is 374 g/mol. The molecule has 1 aliphatic carbocycles. The number of carbonyl (C=O) groups is 1. The Labute approximate surface area is 168 Å². The average molecular weight is 398 g/mol. The minimum atomic E-state index is -0.591. The molecule has 1 atom stereocenters. The van der Waals surface area contributed by atoms with Gasteiger partial charge >= 0.3 is 0 Å². The summed E-state index contributed by atoms with van der Waals surface area (Å²) in [4.78, 5) is 19.5. The van der Waals surface area contributed by atoms with Crippen LogP contribution in [0.15, 0.2) is 40.2 Å². The number of benzene rings is 1. The number of likely N-dealkylation sites (N-methyl/N-ethyl adjacent to an activating group) is 1. The number of aromatic nitrogens is 2. The lowest BCUT2D eigenvalue weighted by atomic mass is 9.92. The van der Waals surface area contributed by atoms with Crippen molar-refractivity contribution in [3.8, 4) is 16.5 Å². The predicted molar refractivity (Wildman–Crippen MR) is 107 cm³/mol. The molecule has 1 aromatic carbocycles. The summed E-state index contributed by atoms with van der Waals surface area (Å²) < 4.78 is 11.2. The van der Waals surface area contributed by atoms with Crippen molar-refractivity contribution in [3.63, 3.8) is 0 Å². The number of nitrogens with zero attached hydrogens (tertiary/aromatic N) is 3. The molecule has 146 valence electrons. The minimum absolute atomic E-state index is 0.131. The zero-order valence-electron chi connectivity index (χ0n) is 16.1. The van der Waals surface area contributed by atoms with Gasteiger partial charge in [0.1, 0.15) is 5.75 Å². The molecule has 0 spiro atoms. The number of thiophene rings is 1. The van der Waals surface area contributed by atoms with Gasteiger partial charge in [-0.15, -0.1) is 11.3 Å². The van der Waals surface area contributed by atoms with Crippen LogP contribution in [0.4, 0.5) is 0 Å². The molecule has 0 N–H and O–H groups in total. The first kappa shape index (κ1) is 18.7. The van der Waals surface area contributed by atoms with E-state index in [-0.39, 0.29) is 12.5 Å². The van der Waals surface area contributed by atoms with Gasteiger partial charge < -0.3 is 14.2 Å². The number of aryl methyl sites for hydroxylation is 2. The molecule has 2 aromatic heterocycles. The summed E-state index contributed by atoms with van der Waals surface area (Å²) in [5.41, 5.74) is 2.73. The fraction of sp³-hybridized carbons (Fsp3) is 0.381. The molecule has 0 saturated heterocycles. The second-order valence-corrected chi connectivity index (χ2v) is 8.03. The second-order valence-electron chi connectivity index (χ2n) is 7.08. The maximum atomic E-state index is 12.7. The quantitative estimate of drug-likeness (QED) is 0.626. The van der Waals surface area contributed by atoms with Crippen molar-refractivity contribution in [1.82, 2.24) is 15.0 Å². The second kappa shape index (κ2) is 8.14. The van der Waals surface area contributed by atoms with E-state index in [0.29, 0.717) is 11.7 Å². The third-order valence-electron chi connectivity index (χ3n) is 4.94. The van der Waals surface area contributed by atoms with Crippen LogP contribution in [0.2, 0.25) is 0 Å². The molecule has 0 aliphatic heterocycles. The van der Waals surface area contributed by atoms with Crippen LogP contribution in [0.25, 0.3) is 10.7 Å². The standard InChI is InChI=1S/C21H23N3O3S/c1-14(26-17-10-9-15-6-3-4-7-16(15)12-17)21(25)24(2)13-19-22-20(23-27-19)18-8-5-11-28-18/h5,8-12,14H,3-4,6-7,13H2,1-2H3. The first-order chi connectivity index (χ1) is 13.6. The van der Waals surface area contributed by atoms with E-state index < -0.39 is 6.10 Å². The Morgan fingerprint density at radius 2 is 2.11 bits per heavy atom. The number of fused-ring (bicyclic) bond motifs is 1. The largest absolute Gasteiger partial charge is 0.481 e. The number of hydrogen-bond acceptors (Lipinski definition) is 6. The zero-order valence-corrected chi connectivity index (χ0v) is 16.9. The highest BCUT2D eigenvalue weighted by molar-refractivity contribution is 7.13. The van der Waals surface area contributed by atoms with Crippen molar-refractivity contribution in [2.24, 2.45) is 0 Å². The van der Waals surface area contributed by atoms with Crippen LogP contribution in [-0.2, 0) is 24.2 Å². The van der Waals surface area contributed by atoms with Crippen molar-refractivity contribution in [2.45, 2.75) is 45.3 Å². The molecule has 0 bridgehead atoms. The third kappa shape index (κ3) is 4.09. The van der Waals surface area contributed by atoms with E-state index in [4.69, 9.17) is 9.26 Å². The number of carbonyl (C=O) groups excluding carboxylic acids is 1. The summed E-state index contributed by atoms with van der Waals surface area (Å²) in [7, 11) is 1.71. The van der Waals surface area contributed by atoms with Crippen LogP contribution in [0.3, 0.4) is 0 Å². The summed E-state index contributed by atoms with van der Waals surface area (Å²) in [6.45, 7) is 2.01. The fourth-order valence-corrected chi connectivity index (χ4v) is 4.10. The first-order valence-electron chi connectivity index (χ1n) is 9.50. The van der Waals surface area contributed by atoms with E-state index in [9.17, 15) is 4.79 Å². The van der Waals surface area contributed by atoms with Gasteiger partial charge in [0.2, 0.25) is 11.7 Å². The van der Waals surface area contributed by atoms with Crippen LogP contribution in [0, 0.1) is 0 Å². The maximum Gasteiger partial charge on any atom is 0.263 e. The van der Waals surface area contributed by atoms with Crippen molar-refractivity contribution < 1.29 is 14.1 Å². The fourth-order valence-electron chi connectivity index (χ4n) is 3.45. The van der Waals surface area contributed by atoms with Crippen LogP contribution >= 0.6 is 11.3 Å². The van der Waals surface area contributed by atoms with Crippen molar-refractivity contribution in [1.29, 1.82) is 0 Å². The van der Waals surface area contributed by atoms with Gasteiger partial charge in [-0.3, -0.25) is 4.79 Å². The Morgan fingerprint density at radius 1 is 1.29 bits per heavy atom. The summed E-state index contributed by atoms with van der Waals surface area (Å²) >= 11 is 1.54. The minimum Gasteiger partial charge on any atom is -0.481 e. The average Bonchev–Trinajstić information content (AvgIpc) is 3.39. The molecule has 4 rings (SSSR count). The van der Waals surface area contributed by atoms with Gasteiger partial charge in [-0.2, -0.15) is 4.98 Å². The maximum absolute atomic E-state index is 12.7. The smallest absolute Gasteiger partial charge is 0.263 e. The highest BCUT2D eigenvalue weighted by Crippen LogP contribution is 2.26. The van der Waals surface area contributed by atoms with Gasteiger partial charge in [0.15, 0.2) is 6.10 Å². The highest BCUT2D eigenvalue weighted by atomic mass is 32.1. The molecule has 28 heavy (non-hydrogen) atoms. The van der Waals surface area contributed by atoms with Crippen molar-refractivity contribution >= 4 is 17.2 Å². The Morgan fingerprint density at radius 3 is 2.89 bits per heavy atom. The molecule has 1 amide bonds. The monoisotopic (exact) mass is 397 g/mol. The molecule has 3 aromatic rings. The van der Waals surface area contributed by atoms with Crippen LogP contribution in [-0.4, -0.2) is 34.1 Å². The van der Waals surface area contributed by atoms with E-state index in [1.54, 1.807) is 30.2 Å². The Hall–Kier alpha value is -2.67. The lowest BCUT2D eigenvalue weighted by Gasteiger charge is -2.22. The van der Waals surface area contributed by atoms with Gasteiger partial charge in [-0.1, -0.05) is 17.3 Å². The molecule has 1 unspecified atom stereocenters. The van der Waals surface area contributed by atoms with E-state index in [2.05, 4.69) is 22.3 Å². The predicted octanol–water partition coefficient (Wildman–Crippen LogP) is 4.10. The van der Waals surface area contributed by atoms with Gasteiger partial charge in [0.25, 0.3) is 5.91 Å². The van der Waals surface area contributed by atoms with E-state index in [0.717, 1.165) is 23.5 Å². The van der Waals surface area contributed by atoms with Crippen LogP contribution in [0.1, 0.15) is 36.8 Å². The molecule has 6 nitrogen and oxygen atoms in total. The Balaban J connectivity index is 1.37.